The lowest BCUT2D eigenvalue weighted by atomic mass is 9.98. The molecule has 0 spiro atoms. The van der Waals surface area contributed by atoms with E-state index in [9.17, 15) is 0 Å². The highest BCUT2D eigenvalue weighted by Crippen LogP contribution is 2.31. The SMILES string of the molecule is Cc1n[nH]c2ccc(-c3cc(OC[C@@H](N)Cc4ccccc4)cnc3Cc3ccccc3)cc12. The molecule has 34 heavy (non-hydrogen) atoms. The van der Waals surface area contributed by atoms with Gasteiger partial charge >= 0.3 is 0 Å². The van der Waals surface area contributed by atoms with Crippen molar-refractivity contribution in [1.82, 2.24) is 15.2 Å². The van der Waals surface area contributed by atoms with Crippen molar-refractivity contribution in [3.63, 3.8) is 0 Å². The first kappa shape index (κ1) is 21.9. The Morgan fingerprint density at radius 1 is 0.912 bits per heavy atom. The van der Waals surface area contributed by atoms with Gasteiger partial charge in [-0.3, -0.25) is 10.1 Å². The van der Waals surface area contributed by atoms with E-state index in [-0.39, 0.29) is 6.04 Å². The first-order valence-corrected chi connectivity index (χ1v) is 11.6. The van der Waals surface area contributed by atoms with Gasteiger partial charge in [-0.05, 0) is 48.2 Å². The number of fused-ring (bicyclic) bond motifs is 1. The molecule has 0 aliphatic rings. The Balaban J connectivity index is 1.42. The predicted molar refractivity (Wildman–Crippen MR) is 137 cm³/mol. The fourth-order valence-corrected chi connectivity index (χ4v) is 4.22. The molecule has 3 aromatic carbocycles. The Morgan fingerprint density at radius 3 is 2.41 bits per heavy atom. The number of aromatic amines is 1. The lowest BCUT2D eigenvalue weighted by Gasteiger charge is -2.16. The Morgan fingerprint density at radius 2 is 1.65 bits per heavy atom. The van der Waals surface area contributed by atoms with Gasteiger partial charge < -0.3 is 10.5 Å². The van der Waals surface area contributed by atoms with Crippen LogP contribution >= 0.6 is 0 Å². The molecule has 5 aromatic rings. The van der Waals surface area contributed by atoms with E-state index in [1.807, 2.05) is 31.2 Å². The first-order chi connectivity index (χ1) is 16.7. The minimum atomic E-state index is -0.0974. The van der Waals surface area contributed by atoms with Crippen LogP contribution in [-0.4, -0.2) is 27.8 Å². The van der Waals surface area contributed by atoms with E-state index >= 15 is 0 Å². The third kappa shape index (κ3) is 5.00. The number of nitrogens with zero attached hydrogens (tertiary/aromatic N) is 2. The smallest absolute Gasteiger partial charge is 0.138 e. The number of hydrogen-bond acceptors (Lipinski definition) is 4. The topological polar surface area (TPSA) is 76.8 Å². The van der Waals surface area contributed by atoms with E-state index in [1.54, 1.807) is 6.20 Å². The van der Waals surface area contributed by atoms with Crippen LogP contribution in [0.25, 0.3) is 22.0 Å². The first-order valence-electron chi connectivity index (χ1n) is 11.6. The highest BCUT2D eigenvalue weighted by Gasteiger charge is 2.13. The summed E-state index contributed by atoms with van der Waals surface area (Å²) in [6.07, 6.45) is 3.31. The minimum Gasteiger partial charge on any atom is -0.490 e. The highest BCUT2D eigenvalue weighted by molar-refractivity contribution is 5.87. The van der Waals surface area contributed by atoms with Gasteiger partial charge in [0.05, 0.1) is 23.1 Å². The fraction of sp³-hybridized carbons (Fsp3) is 0.172. The van der Waals surface area contributed by atoms with Crippen molar-refractivity contribution in [3.8, 4) is 16.9 Å². The number of pyridine rings is 1. The van der Waals surface area contributed by atoms with E-state index in [4.69, 9.17) is 15.5 Å². The molecule has 0 radical (unpaired) electrons. The molecule has 5 heteroatoms. The van der Waals surface area contributed by atoms with E-state index in [1.165, 1.54) is 11.1 Å². The number of ether oxygens (including phenoxy) is 1. The number of H-pyrrole nitrogens is 1. The predicted octanol–water partition coefficient (Wildman–Crippen LogP) is 5.47. The zero-order valence-electron chi connectivity index (χ0n) is 19.2. The second-order valence-electron chi connectivity index (χ2n) is 8.66. The Bertz CT molecular complexity index is 1380. The average molecular weight is 449 g/mol. The molecule has 2 aromatic heterocycles. The summed E-state index contributed by atoms with van der Waals surface area (Å²) in [6, 6.07) is 29.0. The molecule has 0 aliphatic carbocycles. The maximum absolute atomic E-state index is 6.35. The number of aromatic nitrogens is 3. The van der Waals surface area contributed by atoms with E-state index < -0.39 is 0 Å². The third-order valence-corrected chi connectivity index (χ3v) is 6.03. The fourth-order valence-electron chi connectivity index (χ4n) is 4.22. The summed E-state index contributed by atoms with van der Waals surface area (Å²) < 4.78 is 6.10. The zero-order valence-corrected chi connectivity index (χ0v) is 19.2. The molecular weight excluding hydrogens is 420 g/mol. The van der Waals surface area contributed by atoms with Crippen molar-refractivity contribution in [3.05, 3.63) is 114 Å². The molecule has 5 nitrogen and oxygen atoms in total. The molecule has 5 rings (SSSR count). The monoisotopic (exact) mass is 448 g/mol. The number of benzene rings is 3. The van der Waals surface area contributed by atoms with Crippen molar-refractivity contribution in [2.45, 2.75) is 25.8 Å². The summed E-state index contributed by atoms with van der Waals surface area (Å²) in [6.45, 7) is 2.44. The number of rotatable bonds is 8. The van der Waals surface area contributed by atoms with Gasteiger partial charge in [0, 0.05) is 23.4 Å². The quantitative estimate of drug-likeness (QED) is 0.330. The van der Waals surface area contributed by atoms with Crippen LogP contribution in [0.3, 0.4) is 0 Å². The Kier molecular flexibility index (Phi) is 6.36. The normalized spacial score (nSPS) is 12.1. The second-order valence-corrected chi connectivity index (χ2v) is 8.66. The standard InChI is InChI=1S/C29H28N4O/c1-20-26-16-23(12-13-28(26)33-32-20)27-17-25(18-31-29(27)15-22-10-6-3-7-11-22)34-19-24(30)14-21-8-4-2-5-9-21/h2-13,16-18,24H,14-15,19,30H2,1H3,(H,32,33)/t24-/m0/s1. The summed E-state index contributed by atoms with van der Waals surface area (Å²) in [4.78, 5) is 4.81. The van der Waals surface area contributed by atoms with Crippen LogP contribution in [0.1, 0.15) is 22.5 Å². The molecule has 0 unspecified atom stereocenters. The molecule has 0 bridgehead atoms. The zero-order chi connectivity index (χ0) is 23.3. The lowest BCUT2D eigenvalue weighted by Crippen LogP contribution is -2.30. The van der Waals surface area contributed by atoms with Crippen molar-refractivity contribution < 1.29 is 4.74 Å². The third-order valence-electron chi connectivity index (χ3n) is 6.03. The maximum Gasteiger partial charge on any atom is 0.138 e. The van der Waals surface area contributed by atoms with Crippen molar-refractivity contribution in [2.24, 2.45) is 5.73 Å². The van der Waals surface area contributed by atoms with Crippen LogP contribution in [0.5, 0.6) is 5.75 Å². The molecule has 0 amide bonds. The van der Waals surface area contributed by atoms with Crippen LogP contribution in [0, 0.1) is 6.92 Å². The molecule has 0 fully saturated rings. The number of aryl methyl sites for hydroxylation is 1. The van der Waals surface area contributed by atoms with E-state index in [0.29, 0.717) is 6.61 Å². The Hall–Kier alpha value is -3.96. The van der Waals surface area contributed by atoms with Gasteiger partial charge in [-0.1, -0.05) is 66.7 Å². The van der Waals surface area contributed by atoms with Crippen molar-refractivity contribution in [2.75, 3.05) is 6.61 Å². The highest BCUT2D eigenvalue weighted by atomic mass is 16.5. The van der Waals surface area contributed by atoms with Gasteiger partial charge in [0.15, 0.2) is 0 Å². The molecule has 3 N–H and O–H groups in total. The van der Waals surface area contributed by atoms with Crippen LogP contribution in [-0.2, 0) is 12.8 Å². The summed E-state index contributed by atoms with van der Waals surface area (Å²) in [5.74, 6) is 0.722. The molecule has 0 saturated heterocycles. The minimum absolute atomic E-state index is 0.0974. The van der Waals surface area contributed by atoms with Crippen molar-refractivity contribution >= 4 is 10.9 Å². The largest absolute Gasteiger partial charge is 0.490 e. The molecule has 170 valence electrons. The van der Waals surface area contributed by atoms with Gasteiger partial charge in [-0.2, -0.15) is 5.10 Å². The Labute approximate surface area is 199 Å². The summed E-state index contributed by atoms with van der Waals surface area (Å²) in [7, 11) is 0. The number of nitrogens with two attached hydrogens (primary N) is 1. The summed E-state index contributed by atoms with van der Waals surface area (Å²) >= 11 is 0. The molecule has 1 atom stereocenters. The van der Waals surface area contributed by atoms with Crippen LogP contribution in [0.15, 0.2) is 91.1 Å². The van der Waals surface area contributed by atoms with Gasteiger partial charge in [-0.15, -0.1) is 0 Å². The van der Waals surface area contributed by atoms with Gasteiger partial charge in [0.1, 0.15) is 12.4 Å². The maximum atomic E-state index is 6.35. The van der Waals surface area contributed by atoms with Gasteiger partial charge in [-0.25, -0.2) is 0 Å². The molecule has 0 saturated carbocycles. The number of nitrogens with one attached hydrogen (secondary N) is 1. The van der Waals surface area contributed by atoms with Crippen molar-refractivity contribution in [1.29, 1.82) is 0 Å². The van der Waals surface area contributed by atoms with Crippen LogP contribution in [0.4, 0.5) is 0 Å². The van der Waals surface area contributed by atoms with E-state index in [2.05, 4.69) is 70.9 Å². The summed E-state index contributed by atoms with van der Waals surface area (Å²) in [5, 5.41) is 8.53. The lowest BCUT2D eigenvalue weighted by molar-refractivity contribution is 0.286. The van der Waals surface area contributed by atoms with Gasteiger partial charge in [0.25, 0.3) is 0 Å². The van der Waals surface area contributed by atoms with E-state index in [0.717, 1.165) is 52.0 Å². The summed E-state index contributed by atoms with van der Waals surface area (Å²) in [5.41, 5.74) is 13.9. The average Bonchev–Trinajstić information content (AvgIpc) is 3.24. The molecule has 0 aliphatic heterocycles. The molecule has 2 heterocycles. The molecular formula is C29H28N4O. The second kappa shape index (κ2) is 9.89. The van der Waals surface area contributed by atoms with Gasteiger partial charge in [0.2, 0.25) is 0 Å². The van der Waals surface area contributed by atoms with Crippen LogP contribution in [0.2, 0.25) is 0 Å². The number of hydrogen-bond donors (Lipinski definition) is 2. The van der Waals surface area contributed by atoms with Crippen LogP contribution < -0.4 is 10.5 Å².